The van der Waals surface area contributed by atoms with Crippen molar-refractivity contribution in [2.24, 2.45) is 5.41 Å². The highest BCUT2D eigenvalue weighted by molar-refractivity contribution is 14.1. The van der Waals surface area contributed by atoms with E-state index in [0.717, 1.165) is 11.3 Å². The lowest BCUT2D eigenvalue weighted by Crippen LogP contribution is -2.11. The molecule has 1 aromatic carbocycles. The number of fused-ring (bicyclic) bond motifs is 1. The second kappa shape index (κ2) is 4.63. The molecule has 0 amide bonds. The normalized spacial score (nSPS) is 17.2. The quantitative estimate of drug-likeness (QED) is 0.599. The lowest BCUT2D eigenvalue weighted by Gasteiger charge is -2.15. The first-order chi connectivity index (χ1) is 8.63. The first kappa shape index (κ1) is 12.7. The highest BCUT2D eigenvalue weighted by atomic mass is 127. The van der Waals surface area contributed by atoms with Gasteiger partial charge in [0.1, 0.15) is 0 Å². The molecule has 4 heteroatoms. The molecule has 0 spiro atoms. The van der Waals surface area contributed by atoms with Gasteiger partial charge in [0.05, 0.1) is 11.0 Å². The van der Waals surface area contributed by atoms with Crippen LogP contribution < -0.4 is 0 Å². The second-order valence-electron chi connectivity index (χ2n) is 5.43. The Morgan fingerprint density at radius 1 is 1.44 bits per heavy atom. The summed E-state index contributed by atoms with van der Waals surface area (Å²) in [6, 6.07) is 6.51. The Morgan fingerprint density at radius 2 is 2.22 bits per heavy atom. The predicted octanol–water partition coefficient (Wildman–Crippen LogP) is 4.88. The number of H-pyrrole nitrogens is 1. The van der Waals surface area contributed by atoms with Gasteiger partial charge in [-0.1, -0.05) is 13.3 Å². The van der Waals surface area contributed by atoms with Gasteiger partial charge in [-0.05, 0) is 77.7 Å². The summed E-state index contributed by atoms with van der Waals surface area (Å²) in [6.45, 7) is 3.36. The van der Waals surface area contributed by atoms with E-state index in [1.54, 1.807) is 0 Å². The molecule has 1 heterocycles. The van der Waals surface area contributed by atoms with Crippen LogP contribution in [0.15, 0.2) is 18.2 Å². The number of aromatic nitrogens is 2. The van der Waals surface area contributed by atoms with E-state index in [1.807, 2.05) is 0 Å². The fraction of sp³-hybridized carbons (Fsp3) is 0.500. The Kier molecular flexibility index (Phi) is 3.26. The van der Waals surface area contributed by atoms with E-state index in [-0.39, 0.29) is 0 Å². The third-order valence-corrected chi connectivity index (χ3v) is 4.96. The van der Waals surface area contributed by atoms with E-state index in [2.05, 4.69) is 57.3 Å². The Bertz CT molecular complexity index is 637. The third-order valence-electron chi connectivity index (χ3n) is 3.97. The summed E-state index contributed by atoms with van der Waals surface area (Å²) in [5.74, 6) is 0. The van der Waals surface area contributed by atoms with Gasteiger partial charge in [0.2, 0.25) is 0 Å². The van der Waals surface area contributed by atoms with Crippen molar-refractivity contribution in [3.63, 3.8) is 0 Å². The number of halogens is 1. The molecule has 2 aromatic rings. The zero-order valence-corrected chi connectivity index (χ0v) is 13.5. The van der Waals surface area contributed by atoms with Crippen LogP contribution in [-0.2, 0) is 6.54 Å². The van der Waals surface area contributed by atoms with Crippen LogP contribution in [0.3, 0.4) is 0 Å². The van der Waals surface area contributed by atoms with Crippen molar-refractivity contribution in [1.82, 2.24) is 9.55 Å². The molecule has 18 heavy (non-hydrogen) atoms. The zero-order valence-electron chi connectivity index (χ0n) is 10.5. The maximum absolute atomic E-state index is 5.48. The van der Waals surface area contributed by atoms with Crippen LogP contribution in [0.25, 0.3) is 11.0 Å². The highest BCUT2D eigenvalue weighted by Gasteiger charge is 2.42. The monoisotopic (exact) mass is 372 g/mol. The van der Waals surface area contributed by atoms with Gasteiger partial charge >= 0.3 is 0 Å². The minimum Gasteiger partial charge on any atom is -0.331 e. The van der Waals surface area contributed by atoms with Gasteiger partial charge in [-0.15, -0.1) is 0 Å². The number of benzene rings is 1. The summed E-state index contributed by atoms with van der Waals surface area (Å²) in [6.07, 6.45) is 5.32. The molecule has 0 unspecified atom stereocenters. The Morgan fingerprint density at radius 3 is 2.89 bits per heavy atom. The largest absolute Gasteiger partial charge is 0.331 e. The zero-order chi connectivity index (χ0) is 12.8. The number of nitrogens with zero attached hydrogens (tertiary/aromatic N) is 1. The molecule has 1 fully saturated rings. The average molecular weight is 372 g/mol. The molecule has 2 nitrogen and oxygen atoms in total. The number of rotatable bonds is 4. The fourth-order valence-electron chi connectivity index (χ4n) is 2.82. The summed E-state index contributed by atoms with van der Waals surface area (Å²) in [5.41, 5.74) is 2.95. The molecule has 1 N–H and O–H groups in total. The fourth-order valence-corrected chi connectivity index (χ4v) is 3.59. The van der Waals surface area contributed by atoms with E-state index in [9.17, 15) is 0 Å². The molecule has 0 saturated heterocycles. The molecule has 1 aliphatic carbocycles. The van der Waals surface area contributed by atoms with Crippen LogP contribution in [0.1, 0.15) is 32.6 Å². The van der Waals surface area contributed by atoms with Crippen molar-refractivity contribution in [1.29, 1.82) is 0 Å². The highest BCUT2D eigenvalue weighted by Crippen LogP contribution is 2.51. The van der Waals surface area contributed by atoms with E-state index in [4.69, 9.17) is 12.2 Å². The minimum atomic E-state index is 0.533. The average Bonchev–Trinajstić information content (AvgIpc) is 3.00. The molecule has 0 aliphatic heterocycles. The van der Waals surface area contributed by atoms with Crippen LogP contribution in [0.5, 0.6) is 0 Å². The van der Waals surface area contributed by atoms with Gasteiger partial charge in [-0.25, -0.2) is 0 Å². The van der Waals surface area contributed by atoms with Crippen molar-refractivity contribution in [3.05, 3.63) is 26.5 Å². The summed E-state index contributed by atoms with van der Waals surface area (Å²) < 4.78 is 4.41. The van der Waals surface area contributed by atoms with Crippen molar-refractivity contribution >= 4 is 45.8 Å². The number of imidazole rings is 1. The van der Waals surface area contributed by atoms with E-state index < -0.39 is 0 Å². The van der Waals surface area contributed by atoms with Crippen molar-refractivity contribution in [3.8, 4) is 0 Å². The van der Waals surface area contributed by atoms with Crippen LogP contribution in [0, 0.1) is 13.8 Å². The third kappa shape index (κ3) is 2.25. The lowest BCUT2D eigenvalue weighted by atomic mass is 10.0. The molecule has 1 aliphatic rings. The number of hydrogen-bond donors (Lipinski definition) is 1. The first-order valence-electron chi connectivity index (χ1n) is 6.52. The molecule has 0 radical (unpaired) electrons. The van der Waals surface area contributed by atoms with Gasteiger partial charge < -0.3 is 9.55 Å². The van der Waals surface area contributed by atoms with Gasteiger partial charge in [0.25, 0.3) is 0 Å². The summed E-state index contributed by atoms with van der Waals surface area (Å²) in [5, 5.41) is 0. The standard InChI is InChI=1S/C14H17IN2S/c1-2-5-14(6-7-14)9-17-12-4-3-10(15)8-11(12)16-13(17)18/h3-4,8H,2,5-7,9H2,1H3,(H,16,18). The summed E-state index contributed by atoms with van der Waals surface area (Å²) in [4.78, 5) is 3.33. The van der Waals surface area contributed by atoms with E-state index >= 15 is 0 Å². The molecule has 1 aromatic heterocycles. The molecular formula is C14H17IN2S. The van der Waals surface area contributed by atoms with Crippen LogP contribution in [-0.4, -0.2) is 9.55 Å². The number of hydrogen-bond acceptors (Lipinski definition) is 1. The minimum absolute atomic E-state index is 0.533. The summed E-state index contributed by atoms with van der Waals surface area (Å²) >= 11 is 7.82. The van der Waals surface area contributed by atoms with Crippen LogP contribution >= 0.6 is 34.8 Å². The Balaban J connectivity index is 2.01. The lowest BCUT2D eigenvalue weighted by molar-refractivity contribution is 0.391. The van der Waals surface area contributed by atoms with E-state index in [0.29, 0.717) is 5.41 Å². The van der Waals surface area contributed by atoms with Gasteiger partial charge in [0, 0.05) is 10.1 Å². The van der Waals surface area contributed by atoms with Crippen LogP contribution in [0.4, 0.5) is 0 Å². The topological polar surface area (TPSA) is 20.7 Å². The number of nitrogens with one attached hydrogen (secondary N) is 1. The predicted molar refractivity (Wildman–Crippen MR) is 86.4 cm³/mol. The SMILES string of the molecule is CCCC1(Cn2c(=S)[nH]c3cc(I)ccc32)CC1. The van der Waals surface area contributed by atoms with Crippen molar-refractivity contribution < 1.29 is 0 Å². The molecule has 1 saturated carbocycles. The number of aromatic amines is 1. The molecular weight excluding hydrogens is 355 g/mol. The molecule has 0 bridgehead atoms. The van der Waals surface area contributed by atoms with Gasteiger partial charge in [-0.3, -0.25) is 0 Å². The van der Waals surface area contributed by atoms with E-state index in [1.165, 1.54) is 40.3 Å². The van der Waals surface area contributed by atoms with Crippen molar-refractivity contribution in [2.45, 2.75) is 39.2 Å². The molecule has 3 rings (SSSR count). The first-order valence-corrected chi connectivity index (χ1v) is 8.00. The van der Waals surface area contributed by atoms with Gasteiger partial charge in [0.15, 0.2) is 4.77 Å². The van der Waals surface area contributed by atoms with Crippen molar-refractivity contribution in [2.75, 3.05) is 0 Å². The maximum Gasteiger partial charge on any atom is 0.178 e. The van der Waals surface area contributed by atoms with Crippen LogP contribution in [0.2, 0.25) is 0 Å². The van der Waals surface area contributed by atoms with Gasteiger partial charge in [-0.2, -0.15) is 0 Å². The maximum atomic E-state index is 5.48. The Labute approximate surface area is 126 Å². The molecule has 0 atom stereocenters. The smallest absolute Gasteiger partial charge is 0.178 e. The Hall–Kier alpha value is -0.360. The molecule has 96 valence electrons. The summed E-state index contributed by atoms with van der Waals surface area (Å²) in [7, 11) is 0. The second-order valence-corrected chi connectivity index (χ2v) is 7.06.